The highest BCUT2D eigenvalue weighted by Crippen LogP contribution is 2.32. The van der Waals surface area contributed by atoms with Crippen LogP contribution in [0.4, 0.5) is 0 Å². The second kappa shape index (κ2) is 4.56. The summed E-state index contributed by atoms with van der Waals surface area (Å²) in [5.41, 5.74) is 1.20. The minimum absolute atomic E-state index is 0.0919. The van der Waals surface area contributed by atoms with Crippen LogP contribution >= 0.6 is 0 Å². The maximum atomic E-state index is 10.2. The van der Waals surface area contributed by atoms with Crippen molar-refractivity contribution in [2.24, 2.45) is 0 Å². The second-order valence-corrected chi connectivity index (χ2v) is 5.42. The van der Waals surface area contributed by atoms with Gasteiger partial charge >= 0.3 is 0 Å². The van der Waals surface area contributed by atoms with Crippen molar-refractivity contribution in [1.82, 2.24) is 0 Å². The topological polar surface area (TPSA) is 29.5 Å². The third kappa shape index (κ3) is 2.83. The Kier molecular flexibility index (Phi) is 3.76. The summed E-state index contributed by atoms with van der Waals surface area (Å²) < 4.78 is 5.25. The summed E-state index contributed by atoms with van der Waals surface area (Å²) in [7, 11) is 1.70. The average molecular weight is 222 g/mol. The van der Waals surface area contributed by atoms with Gasteiger partial charge in [0.2, 0.25) is 0 Å². The van der Waals surface area contributed by atoms with Gasteiger partial charge in [-0.1, -0.05) is 38.1 Å². The van der Waals surface area contributed by atoms with Crippen LogP contribution in [-0.2, 0) is 15.8 Å². The average Bonchev–Trinajstić information content (AvgIpc) is 2.16. The highest BCUT2D eigenvalue weighted by molar-refractivity contribution is 5.36. The van der Waals surface area contributed by atoms with Gasteiger partial charge in [-0.15, -0.1) is 0 Å². The van der Waals surface area contributed by atoms with E-state index in [0.717, 1.165) is 11.1 Å². The predicted molar refractivity (Wildman–Crippen MR) is 66.6 cm³/mol. The fourth-order valence-corrected chi connectivity index (χ4v) is 2.05. The van der Waals surface area contributed by atoms with Gasteiger partial charge in [0.15, 0.2) is 0 Å². The molecule has 0 radical (unpaired) electrons. The van der Waals surface area contributed by atoms with Crippen molar-refractivity contribution < 1.29 is 9.84 Å². The van der Waals surface area contributed by atoms with Crippen LogP contribution in [0.15, 0.2) is 24.3 Å². The molecule has 0 heterocycles. The number of rotatable bonds is 4. The molecule has 0 unspecified atom stereocenters. The molecule has 0 bridgehead atoms. The molecule has 90 valence electrons. The Morgan fingerprint density at radius 2 is 1.56 bits per heavy atom. The third-order valence-electron chi connectivity index (χ3n) is 2.82. The lowest BCUT2D eigenvalue weighted by atomic mass is 9.78. The van der Waals surface area contributed by atoms with Crippen LogP contribution in [0.5, 0.6) is 0 Å². The number of aliphatic hydroxyl groups is 1. The van der Waals surface area contributed by atoms with Crippen molar-refractivity contribution in [2.75, 3.05) is 13.7 Å². The van der Waals surface area contributed by atoms with E-state index in [2.05, 4.69) is 19.9 Å². The molecule has 16 heavy (non-hydrogen) atoms. The van der Waals surface area contributed by atoms with Crippen molar-refractivity contribution in [2.45, 2.75) is 38.7 Å². The van der Waals surface area contributed by atoms with Crippen molar-refractivity contribution in [3.63, 3.8) is 0 Å². The molecule has 1 rings (SSSR count). The molecule has 2 nitrogen and oxygen atoms in total. The van der Waals surface area contributed by atoms with Gasteiger partial charge < -0.3 is 9.84 Å². The molecule has 0 aromatic heterocycles. The molecular weight excluding hydrogens is 200 g/mol. The number of methoxy groups -OCH3 is 1. The molecule has 0 spiro atoms. The zero-order valence-electron chi connectivity index (χ0n) is 10.9. The van der Waals surface area contributed by atoms with Crippen LogP contribution in [0.1, 0.15) is 38.8 Å². The van der Waals surface area contributed by atoms with Gasteiger partial charge in [0.05, 0.1) is 12.2 Å². The van der Waals surface area contributed by atoms with Crippen LogP contribution in [0.3, 0.4) is 0 Å². The van der Waals surface area contributed by atoms with E-state index in [0.29, 0.717) is 6.61 Å². The molecule has 1 aromatic carbocycles. The number of benzene rings is 1. The Balaban J connectivity index is 3.23. The van der Waals surface area contributed by atoms with Gasteiger partial charge in [0.25, 0.3) is 0 Å². The SMILES string of the molecule is COCC(C)(C)c1ccccc1C(C)(C)O. The first-order chi connectivity index (χ1) is 7.29. The molecule has 0 saturated heterocycles. The fourth-order valence-electron chi connectivity index (χ4n) is 2.05. The Bertz CT molecular complexity index is 348. The Morgan fingerprint density at radius 1 is 1.06 bits per heavy atom. The van der Waals surface area contributed by atoms with Crippen LogP contribution in [0.2, 0.25) is 0 Å². The maximum Gasteiger partial charge on any atom is 0.0843 e. The summed E-state index contributed by atoms with van der Waals surface area (Å²) >= 11 is 0. The summed E-state index contributed by atoms with van der Waals surface area (Å²) in [6.45, 7) is 8.52. The van der Waals surface area contributed by atoms with E-state index >= 15 is 0 Å². The van der Waals surface area contributed by atoms with Crippen LogP contribution < -0.4 is 0 Å². The van der Waals surface area contributed by atoms with Crippen LogP contribution in [0, 0.1) is 0 Å². The number of ether oxygens (including phenoxy) is 1. The van der Waals surface area contributed by atoms with Crippen molar-refractivity contribution in [1.29, 1.82) is 0 Å². The van der Waals surface area contributed by atoms with Crippen LogP contribution in [-0.4, -0.2) is 18.8 Å². The highest BCUT2D eigenvalue weighted by Gasteiger charge is 2.28. The van der Waals surface area contributed by atoms with Gasteiger partial charge in [0.1, 0.15) is 0 Å². The molecule has 0 atom stereocenters. The zero-order valence-corrected chi connectivity index (χ0v) is 10.9. The maximum absolute atomic E-state index is 10.2. The quantitative estimate of drug-likeness (QED) is 0.849. The molecule has 0 aliphatic carbocycles. The molecule has 0 fully saturated rings. The molecule has 0 aliphatic rings. The Morgan fingerprint density at radius 3 is 2.00 bits per heavy atom. The fraction of sp³-hybridized carbons (Fsp3) is 0.571. The summed E-state index contributed by atoms with van der Waals surface area (Å²) in [6.07, 6.45) is 0. The van der Waals surface area contributed by atoms with E-state index in [1.54, 1.807) is 7.11 Å². The Hall–Kier alpha value is -0.860. The molecule has 0 saturated carbocycles. The van der Waals surface area contributed by atoms with Gasteiger partial charge in [-0.25, -0.2) is 0 Å². The van der Waals surface area contributed by atoms with E-state index in [1.165, 1.54) is 0 Å². The van der Waals surface area contributed by atoms with E-state index in [-0.39, 0.29) is 5.41 Å². The van der Waals surface area contributed by atoms with Crippen molar-refractivity contribution in [3.05, 3.63) is 35.4 Å². The lowest BCUT2D eigenvalue weighted by Gasteiger charge is -2.31. The summed E-state index contributed by atoms with van der Waals surface area (Å²) in [6, 6.07) is 8.00. The molecule has 1 N–H and O–H groups in total. The molecule has 2 heteroatoms. The zero-order chi connectivity index (χ0) is 12.4. The molecule has 1 aromatic rings. The molecule has 0 aliphatic heterocycles. The first-order valence-electron chi connectivity index (χ1n) is 5.60. The lowest BCUT2D eigenvalue weighted by Crippen LogP contribution is -2.29. The minimum Gasteiger partial charge on any atom is -0.386 e. The highest BCUT2D eigenvalue weighted by atomic mass is 16.5. The van der Waals surface area contributed by atoms with Gasteiger partial charge in [-0.2, -0.15) is 0 Å². The first-order valence-corrected chi connectivity index (χ1v) is 5.60. The summed E-state index contributed by atoms with van der Waals surface area (Å²) in [5, 5.41) is 10.2. The van der Waals surface area contributed by atoms with Crippen molar-refractivity contribution in [3.8, 4) is 0 Å². The van der Waals surface area contributed by atoms with Crippen LogP contribution in [0.25, 0.3) is 0 Å². The Labute approximate surface area is 98.3 Å². The van der Waals surface area contributed by atoms with Gasteiger partial charge in [-0.3, -0.25) is 0 Å². The predicted octanol–water partition coefficient (Wildman–Crippen LogP) is 2.84. The number of hydrogen-bond donors (Lipinski definition) is 1. The molecule has 0 amide bonds. The second-order valence-electron chi connectivity index (χ2n) is 5.42. The van der Waals surface area contributed by atoms with E-state index in [4.69, 9.17) is 4.74 Å². The largest absolute Gasteiger partial charge is 0.386 e. The first kappa shape index (κ1) is 13.2. The standard InChI is InChI=1S/C14H22O2/c1-13(2,10-16-5)11-8-6-7-9-12(11)14(3,4)15/h6-9,15H,10H2,1-5H3. The summed E-state index contributed by atoms with van der Waals surface area (Å²) in [5.74, 6) is 0. The van der Waals surface area contributed by atoms with E-state index in [9.17, 15) is 5.11 Å². The normalized spacial score (nSPS) is 12.9. The minimum atomic E-state index is -0.818. The summed E-state index contributed by atoms with van der Waals surface area (Å²) in [4.78, 5) is 0. The van der Waals surface area contributed by atoms with Gasteiger partial charge in [0, 0.05) is 12.5 Å². The lowest BCUT2D eigenvalue weighted by molar-refractivity contribution is 0.0741. The molecular formula is C14H22O2. The third-order valence-corrected chi connectivity index (χ3v) is 2.82. The van der Waals surface area contributed by atoms with Gasteiger partial charge in [-0.05, 0) is 25.0 Å². The number of hydrogen-bond acceptors (Lipinski definition) is 2. The smallest absolute Gasteiger partial charge is 0.0843 e. The monoisotopic (exact) mass is 222 g/mol. The van der Waals surface area contributed by atoms with E-state index < -0.39 is 5.60 Å². The van der Waals surface area contributed by atoms with E-state index in [1.807, 2.05) is 32.0 Å². The van der Waals surface area contributed by atoms with Crippen molar-refractivity contribution >= 4 is 0 Å².